The summed E-state index contributed by atoms with van der Waals surface area (Å²) >= 11 is 0. The highest BCUT2D eigenvalue weighted by atomic mass is 19.4. The summed E-state index contributed by atoms with van der Waals surface area (Å²) in [5, 5.41) is 5.51. The quantitative estimate of drug-likeness (QED) is 0.783. The molecule has 0 aliphatic carbocycles. The fourth-order valence-electron chi connectivity index (χ4n) is 1.64. The molecule has 19 heavy (non-hydrogen) atoms. The van der Waals surface area contributed by atoms with E-state index in [-0.39, 0.29) is 11.5 Å². The summed E-state index contributed by atoms with van der Waals surface area (Å²) in [6.45, 7) is 0.724. The zero-order valence-corrected chi connectivity index (χ0v) is 10.7. The standard InChI is InChI=1S/C13H17F3N2O/c1-17-7-3-6-12(19)18-11-5-2-4-10(8-11)9-13(14,15)16/h2,4-5,8,17H,3,6-7,9H2,1H3,(H,18,19). The molecule has 0 bridgehead atoms. The Kier molecular flexibility index (Phi) is 5.82. The van der Waals surface area contributed by atoms with E-state index in [9.17, 15) is 18.0 Å². The first-order valence-corrected chi connectivity index (χ1v) is 6.01. The van der Waals surface area contributed by atoms with Crippen LogP contribution >= 0.6 is 0 Å². The Bertz CT molecular complexity index is 419. The Hall–Kier alpha value is -1.56. The van der Waals surface area contributed by atoms with Crippen LogP contribution in [-0.2, 0) is 11.2 Å². The van der Waals surface area contributed by atoms with Gasteiger partial charge in [-0.3, -0.25) is 4.79 Å². The summed E-state index contributed by atoms with van der Waals surface area (Å²) in [5.74, 6) is -0.195. The first-order valence-electron chi connectivity index (χ1n) is 6.01. The molecule has 1 amide bonds. The molecular weight excluding hydrogens is 257 g/mol. The van der Waals surface area contributed by atoms with E-state index in [1.807, 2.05) is 0 Å². The fraction of sp³-hybridized carbons (Fsp3) is 0.462. The molecule has 3 nitrogen and oxygen atoms in total. The number of carbonyl (C=O) groups is 1. The molecule has 0 saturated heterocycles. The van der Waals surface area contributed by atoms with E-state index in [1.165, 1.54) is 18.2 Å². The molecule has 1 aromatic rings. The van der Waals surface area contributed by atoms with Gasteiger partial charge in [-0.05, 0) is 37.7 Å². The van der Waals surface area contributed by atoms with Crippen molar-refractivity contribution in [3.8, 4) is 0 Å². The van der Waals surface area contributed by atoms with Crippen LogP contribution in [0.25, 0.3) is 0 Å². The number of nitrogens with one attached hydrogen (secondary N) is 2. The zero-order valence-electron chi connectivity index (χ0n) is 10.7. The van der Waals surface area contributed by atoms with Crippen LogP contribution in [0.4, 0.5) is 18.9 Å². The molecule has 1 aromatic carbocycles. The average Bonchev–Trinajstić information content (AvgIpc) is 2.27. The van der Waals surface area contributed by atoms with Crippen molar-refractivity contribution in [1.29, 1.82) is 0 Å². The minimum absolute atomic E-state index is 0.139. The van der Waals surface area contributed by atoms with Gasteiger partial charge in [-0.15, -0.1) is 0 Å². The molecule has 0 radical (unpaired) electrons. The molecule has 106 valence electrons. The van der Waals surface area contributed by atoms with E-state index >= 15 is 0 Å². The first kappa shape index (κ1) is 15.5. The lowest BCUT2D eigenvalue weighted by Crippen LogP contribution is -2.16. The molecule has 0 aliphatic rings. The van der Waals surface area contributed by atoms with Gasteiger partial charge in [0, 0.05) is 12.1 Å². The molecule has 6 heteroatoms. The van der Waals surface area contributed by atoms with E-state index in [0.717, 1.165) is 6.54 Å². The number of hydrogen-bond donors (Lipinski definition) is 2. The maximum Gasteiger partial charge on any atom is 0.393 e. The van der Waals surface area contributed by atoms with Crippen molar-refractivity contribution in [3.05, 3.63) is 29.8 Å². The van der Waals surface area contributed by atoms with Crippen molar-refractivity contribution in [2.24, 2.45) is 0 Å². The van der Waals surface area contributed by atoms with Crippen LogP contribution < -0.4 is 10.6 Å². The minimum Gasteiger partial charge on any atom is -0.326 e. The van der Waals surface area contributed by atoms with Crippen molar-refractivity contribution in [2.45, 2.75) is 25.4 Å². The van der Waals surface area contributed by atoms with Crippen molar-refractivity contribution >= 4 is 11.6 Å². The maximum absolute atomic E-state index is 12.2. The van der Waals surface area contributed by atoms with Gasteiger partial charge in [-0.25, -0.2) is 0 Å². The van der Waals surface area contributed by atoms with Crippen LogP contribution in [0.1, 0.15) is 18.4 Å². The van der Waals surface area contributed by atoms with Gasteiger partial charge < -0.3 is 10.6 Å². The molecule has 0 atom stereocenters. The monoisotopic (exact) mass is 274 g/mol. The smallest absolute Gasteiger partial charge is 0.326 e. The van der Waals surface area contributed by atoms with Crippen molar-refractivity contribution in [2.75, 3.05) is 18.9 Å². The predicted octanol–water partition coefficient (Wildman–Crippen LogP) is 2.73. The third-order valence-corrected chi connectivity index (χ3v) is 2.45. The number of halogens is 3. The molecule has 0 heterocycles. The third kappa shape index (κ3) is 6.81. The summed E-state index contributed by atoms with van der Waals surface area (Å²) in [5.41, 5.74) is 0.539. The minimum atomic E-state index is -4.24. The molecule has 0 aliphatic heterocycles. The number of alkyl halides is 3. The lowest BCUT2D eigenvalue weighted by Gasteiger charge is -2.09. The summed E-state index contributed by atoms with van der Waals surface area (Å²) < 4.78 is 36.7. The van der Waals surface area contributed by atoms with E-state index in [2.05, 4.69) is 10.6 Å². The summed E-state index contributed by atoms with van der Waals surface area (Å²) in [6, 6.07) is 5.83. The molecule has 0 aromatic heterocycles. The number of rotatable bonds is 6. The fourth-order valence-corrected chi connectivity index (χ4v) is 1.64. The van der Waals surface area contributed by atoms with Crippen LogP contribution in [0.5, 0.6) is 0 Å². The summed E-state index contributed by atoms with van der Waals surface area (Å²) in [6.07, 6.45) is -4.21. The van der Waals surface area contributed by atoms with Gasteiger partial charge in [0.25, 0.3) is 0 Å². The van der Waals surface area contributed by atoms with Gasteiger partial charge in [0.05, 0.1) is 6.42 Å². The van der Waals surface area contributed by atoms with Crippen molar-refractivity contribution < 1.29 is 18.0 Å². The molecular formula is C13H17F3N2O. The number of carbonyl (C=O) groups excluding carboxylic acids is 1. The van der Waals surface area contributed by atoms with Gasteiger partial charge in [0.15, 0.2) is 0 Å². The number of hydrogen-bond acceptors (Lipinski definition) is 2. The SMILES string of the molecule is CNCCCC(=O)Nc1cccc(CC(F)(F)F)c1. The average molecular weight is 274 g/mol. The van der Waals surface area contributed by atoms with Crippen LogP contribution in [0.15, 0.2) is 24.3 Å². The number of anilines is 1. The number of benzene rings is 1. The summed E-state index contributed by atoms with van der Waals surface area (Å²) in [7, 11) is 1.79. The van der Waals surface area contributed by atoms with E-state index in [4.69, 9.17) is 0 Å². The second-order valence-corrected chi connectivity index (χ2v) is 4.25. The lowest BCUT2D eigenvalue weighted by molar-refractivity contribution is -0.127. The van der Waals surface area contributed by atoms with E-state index in [0.29, 0.717) is 18.5 Å². The second-order valence-electron chi connectivity index (χ2n) is 4.25. The molecule has 1 rings (SSSR count). The normalized spacial score (nSPS) is 11.4. The molecule has 0 fully saturated rings. The van der Waals surface area contributed by atoms with E-state index < -0.39 is 12.6 Å². The number of amides is 1. The lowest BCUT2D eigenvalue weighted by atomic mass is 10.1. The molecule has 0 unspecified atom stereocenters. The highest BCUT2D eigenvalue weighted by Gasteiger charge is 2.27. The van der Waals surface area contributed by atoms with Gasteiger partial charge in [0.2, 0.25) is 5.91 Å². The Morgan fingerprint density at radius 1 is 1.32 bits per heavy atom. The molecule has 0 saturated carbocycles. The predicted molar refractivity (Wildman–Crippen MR) is 68.0 cm³/mol. The van der Waals surface area contributed by atoms with Gasteiger partial charge in [-0.1, -0.05) is 12.1 Å². The van der Waals surface area contributed by atoms with Gasteiger partial charge >= 0.3 is 6.18 Å². The van der Waals surface area contributed by atoms with Crippen LogP contribution in [-0.4, -0.2) is 25.7 Å². The van der Waals surface area contributed by atoms with Crippen LogP contribution in [0.3, 0.4) is 0 Å². The molecule has 2 N–H and O–H groups in total. The van der Waals surface area contributed by atoms with Crippen LogP contribution in [0, 0.1) is 0 Å². The Balaban J connectivity index is 2.54. The Morgan fingerprint density at radius 2 is 2.05 bits per heavy atom. The Morgan fingerprint density at radius 3 is 2.68 bits per heavy atom. The highest BCUT2D eigenvalue weighted by molar-refractivity contribution is 5.90. The second kappa shape index (κ2) is 7.13. The molecule has 0 spiro atoms. The van der Waals surface area contributed by atoms with Gasteiger partial charge in [0.1, 0.15) is 0 Å². The van der Waals surface area contributed by atoms with Gasteiger partial charge in [-0.2, -0.15) is 13.2 Å². The van der Waals surface area contributed by atoms with Crippen molar-refractivity contribution in [1.82, 2.24) is 5.32 Å². The first-order chi connectivity index (χ1) is 8.90. The zero-order chi connectivity index (χ0) is 14.3. The van der Waals surface area contributed by atoms with Crippen LogP contribution in [0.2, 0.25) is 0 Å². The largest absolute Gasteiger partial charge is 0.393 e. The maximum atomic E-state index is 12.2. The third-order valence-electron chi connectivity index (χ3n) is 2.45. The Labute approximate surface area is 110 Å². The van der Waals surface area contributed by atoms with E-state index in [1.54, 1.807) is 13.1 Å². The summed E-state index contributed by atoms with van der Waals surface area (Å²) in [4.78, 5) is 11.5. The topological polar surface area (TPSA) is 41.1 Å². The highest BCUT2D eigenvalue weighted by Crippen LogP contribution is 2.22. The van der Waals surface area contributed by atoms with Crippen molar-refractivity contribution in [3.63, 3.8) is 0 Å².